The lowest BCUT2D eigenvalue weighted by Gasteiger charge is -2.32. The summed E-state index contributed by atoms with van der Waals surface area (Å²) < 4.78 is 38.2. The molecule has 1 aliphatic heterocycles. The second-order valence-corrected chi connectivity index (χ2v) is 10.5. The van der Waals surface area contributed by atoms with Crippen LogP contribution in [0.5, 0.6) is 11.5 Å². The van der Waals surface area contributed by atoms with Crippen molar-refractivity contribution in [3.05, 3.63) is 53.1 Å². The number of nitrogens with one attached hydrogen (secondary N) is 1. The van der Waals surface area contributed by atoms with Gasteiger partial charge in [-0.15, -0.1) is 0 Å². The third-order valence-electron chi connectivity index (χ3n) is 5.61. The minimum Gasteiger partial charge on any atom is -0.486 e. The number of hydrogen-bond donors (Lipinski definition) is 1. The number of likely N-dealkylation sites (N-methyl/N-ethyl adjacent to an activating group) is 1. The number of halogens is 1. The van der Waals surface area contributed by atoms with Crippen LogP contribution in [-0.2, 0) is 26.2 Å². The standard InChI is InChI=1S/C24H30ClN3O6S/c1-4-26-24(30)17(3)27(15-18-8-6-7-9-20(18)25)23(29)16-28(35(31,32)5-2)19-10-11-21-22(14-19)34-13-12-33-21/h6-11,14,17H,4-5,12-13,15-16H2,1-3H3,(H,26,30)/t17-/m0/s1. The Labute approximate surface area is 211 Å². The van der Waals surface area contributed by atoms with Crippen LogP contribution in [0.15, 0.2) is 42.5 Å². The number of fused-ring (bicyclic) bond motifs is 1. The molecule has 11 heteroatoms. The van der Waals surface area contributed by atoms with Gasteiger partial charge in [0, 0.05) is 24.2 Å². The molecule has 0 unspecified atom stereocenters. The van der Waals surface area contributed by atoms with Gasteiger partial charge >= 0.3 is 0 Å². The van der Waals surface area contributed by atoms with Crippen molar-refractivity contribution in [2.75, 3.05) is 36.4 Å². The molecule has 2 aromatic carbocycles. The van der Waals surface area contributed by atoms with E-state index in [1.54, 1.807) is 56.3 Å². The number of carbonyl (C=O) groups is 2. The largest absolute Gasteiger partial charge is 0.486 e. The maximum Gasteiger partial charge on any atom is 0.244 e. The Morgan fingerprint density at radius 2 is 1.77 bits per heavy atom. The van der Waals surface area contributed by atoms with E-state index in [9.17, 15) is 18.0 Å². The first-order valence-electron chi connectivity index (χ1n) is 11.4. The van der Waals surface area contributed by atoms with Gasteiger partial charge in [-0.2, -0.15) is 0 Å². The Hall–Kier alpha value is -2.98. The maximum absolute atomic E-state index is 13.6. The van der Waals surface area contributed by atoms with E-state index in [0.29, 0.717) is 41.8 Å². The van der Waals surface area contributed by atoms with Crippen molar-refractivity contribution < 1.29 is 27.5 Å². The first-order chi connectivity index (χ1) is 16.7. The van der Waals surface area contributed by atoms with Gasteiger partial charge in [-0.05, 0) is 44.5 Å². The van der Waals surface area contributed by atoms with E-state index >= 15 is 0 Å². The zero-order chi connectivity index (χ0) is 25.6. The lowest BCUT2D eigenvalue weighted by molar-refractivity contribution is -0.139. The van der Waals surface area contributed by atoms with Gasteiger partial charge < -0.3 is 19.7 Å². The summed E-state index contributed by atoms with van der Waals surface area (Å²) in [7, 11) is -3.84. The van der Waals surface area contributed by atoms with Gasteiger partial charge in [-0.3, -0.25) is 13.9 Å². The number of hydrogen-bond acceptors (Lipinski definition) is 6. The van der Waals surface area contributed by atoms with Crippen molar-refractivity contribution in [2.24, 2.45) is 0 Å². The molecule has 190 valence electrons. The number of benzene rings is 2. The van der Waals surface area contributed by atoms with E-state index in [2.05, 4.69) is 5.32 Å². The molecule has 0 saturated carbocycles. The smallest absolute Gasteiger partial charge is 0.244 e. The van der Waals surface area contributed by atoms with Crippen LogP contribution in [0.25, 0.3) is 0 Å². The van der Waals surface area contributed by atoms with Gasteiger partial charge in [-0.1, -0.05) is 29.8 Å². The summed E-state index contributed by atoms with van der Waals surface area (Å²) in [5.74, 6) is -0.204. The highest BCUT2D eigenvalue weighted by atomic mass is 35.5. The fraction of sp³-hybridized carbons (Fsp3) is 0.417. The fourth-order valence-electron chi connectivity index (χ4n) is 3.62. The molecule has 0 radical (unpaired) electrons. The average Bonchev–Trinajstić information content (AvgIpc) is 2.86. The number of anilines is 1. The minimum absolute atomic E-state index is 0.0396. The number of nitrogens with zero attached hydrogens (tertiary/aromatic N) is 2. The summed E-state index contributed by atoms with van der Waals surface area (Å²) in [6, 6.07) is 10.9. The molecule has 0 aliphatic carbocycles. The first kappa shape index (κ1) is 26.6. The molecular formula is C24H30ClN3O6S. The van der Waals surface area contributed by atoms with Crippen molar-refractivity contribution in [1.82, 2.24) is 10.2 Å². The van der Waals surface area contributed by atoms with Crippen molar-refractivity contribution >= 4 is 39.1 Å². The summed E-state index contributed by atoms with van der Waals surface area (Å²) >= 11 is 6.31. The van der Waals surface area contributed by atoms with E-state index < -0.39 is 28.5 Å². The minimum atomic E-state index is -3.84. The van der Waals surface area contributed by atoms with E-state index in [0.717, 1.165) is 4.31 Å². The van der Waals surface area contributed by atoms with E-state index in [1.807, 2.05) is 0 Å². The molecule has 1 N–H and O–H groups in total. The van der Waals surface area contributed by atoms with Gasteiger partial charge in [0.2, 0.25) is 21.8 Å². The molecule has 2 aromatic rings. The lowest BCUT2D eigenvalue weighted by Crippen LogP contribution is -2.51. The molecule has 2 amide bonds. The molecule has 3 rings (SSSR count). The van der Waals surface area contributed by atoms with Gasteiger partial charge in [0.15, 0.2) is 11.5 Å². The van der Waals surface area contributed by atoms with Crippen LogP contribution in [0.1, 0.15) is 26.3 Å². The Morgan fingerprint density at radius 3 is 2.43 bits per heavy atom. The highest BCUT2D eigenvalue weighted by Crippen LogP contribution is 2.35. The van der Waals surface area contributed by atoms with Crippen LogP contribution >= 0.6 is 11.6 Å². The zero-order valence-electron chi connectivity index (χ0n) is 20.0. The van der Waals surface area contributed by atoms with Crippen LogP contribution in [0.4, 0.5) is 5.69 Å². The van der Waals surface area contributed by atoms with Gasteiger partial charge in [-0.25, -0.2) is 8.42 Å². The van der Waals surface area contributed by atoms with Crippen LogP contribution < -0.4 is 19.1 Å². The summed E-state index contributed by atoms with van der Waals surface area (Å²) in [4.78, 5) is 27.6. The van der Waals surface area contributed by atoms with Gasteiger partial charge in [0.05, 0.1) is 11.4 Å². The van der Waals surface area contributed by atoms with Gasteiger partial charge in [0.1, 0.15) is 25.8 Å². The van der Waals surface area contributed by atoms with Crippen LogP contribution in [-0.4, -0.2) is 63.2 Å². The topological polar surface area (TPSA) is 105 Å². The number of sulfonamides is 1. The highest BCUT2D eigenvalue weighted by molar-refractivity contribution is 7.92. The Bertz CT molecular complexity index is 1170. The molecule has 1 atom stereocenters. The van der Waals surface area contributed by atoms with Gasteiger partial charge in [0.25, 0.3) is 0 Å². The second kappa shape index (κ2) is 11.6. The van der Waals surface area contributed by atoms with Crippen LogP contribution in [0, 0.1) is 0 Å². The molecule has 1 aliphatic rings. The molecule has 0 spiro atoms. The molecule has 0 bridgehead atoms. The first-order valence-corrected chi connectivity index (χ1v) is 13.4. The van der Waals surface area contributed by atoms with E-state index in [-0.39, 0.29) is 23.9 Å². The highest BCUT2D eigenvalue weighted by Gasteiger charge is 2.31. The molecular weight excluding hydrogens is 494 g/mol. The Morgan fingerprint density at radius 1 is 1.09 bits per heavy atom. The Kier molecular flexibility index (Phi) is 8.85. The third-order valence-corrected chi connectivity index (χ3v) is 7.72. The second-order valence-electron chi connectivity index (χ2n) is 7.92. The van der Waals surface area contributed by atoms with Crippen LogP contribution in [0.3, 0.4) is 0 Å². The normalized spacial score (nSPS) is 13.6. The summed E-state index contributed by atoms with van der Waals surface area (Å²) in [6.07, 6.45) is 0. The summed E-state index contributed by atoms with van der Waals surface area (Å²) in [5.41, 5.74) is 0.913. The van der Waals surface area contributed by atoms with E-state index in [1.165, 1.54) is 11.8 Å². The van der Waals surface area contributed by atoms with Crippen molar-refractivity contribution in [3.8, 4) is 11.5 Å². The van der Waals surface area contributed by atoms with Crippen molar-refractivity contribution in [2.45, 2.75) is 33.4 Å². The molecule has 9 nitrogen and oxygen atoms in total. The third kappa shape index (κ3) is 6.37. The predicted molar refractivity (Wildman–Crippen MR) is 134 cm³/mol. The van der Waals surface area contributed by atoms with E-state index in [4.69, 9.17) is 21.1 Å². The predicted octanol–water partition coefficient (Wildman–Crippen LogP) is 2.82. The van der Waals surface area contributed by atoms with Crippen molar-refractivity contribution in [3.63, 3.8) is 0 Å². The summed E-state index contributed by atoms with van der Waals surface area (Å²) in [5, 5.41) is 3.16. The quantitative estimate of drug-likeness (QED) is 0.513. The monoisotopic (exact) mass is 523 g/mol. The number of rotatable bonds is 10. The lowest BCUT2D eigenvalue weighted by atomic mass is 10.1. The van der Waals surface area contributed by atoms with Crippen LogP contribution in [0.2, 0.25) is 5.02 Å². The fourth-order valence-corrected chi connectivity index (χ4v) is 4.87. The molecule has 1 heterocycles. The maximum atomic E-state index is 13.6. The summed E-state index contributed by atoms with van der Waals surface area (Å²) in [6.45, 7) is 5.56. The molecule has 0 aromatic heterocycles. The molecule has 0 saturated heterocycles. The number of amides is 2. The molecule has 35 heavy (non-hydrogen) atoms. The number of ether oxygens (including phenoxy) is 2. The average molecular weight is 524 g/mol. The SMILES string of the molecule is CCNC(=O)[C@H](C)N(Cc1ccccc1Cl)C(=O)CN(c1ccc2c(c1)OCCO2)S(=O)(=O)CC. The zero-order valence-corrected chi connectivity index (χ0v) is 21.6. The Balaban J connectivity index is 1.96. The number of carbonyl (C=O) groups excluding carboxylic acids is 2. The van der Waals surface area contributed by atoms with Crippen molar-refractivity contribution in [1.29, 1.82) is 0 Å². The molecule has 0 fully saturated rings.